The number of fused-ring (bicyclic) bond motifs is 1. The second kappa shape index (κ2) is 7.01. The minimum absolute atomic E-state index is 0.155. The van der Waals surface area contributed by atoms with E-state index in [-0.39, 0.29) is 5.56 Å². The molecule has 1 aromatic carbocycles. The molecular weight excluding hydrogens is 386 g/mol. The Hall–Kier alpha value is -2.91. The molecule has 4 aromatic rings. The Morgan fingerprint density at radius 1 is 1.07 bits per heavy atom. The molecule has 7 nitrogen and oxygen atoms in total. The first-order valence-electron chi connectivity index (χ1n) is 7.89. The number of thiazole rings is 1. The summed E-state index contributed by atoms with van der Waals surface area (Å²) in [6.07, 6.45) is 1.87. The maximum atomic E-state index is 12.9. The Balaban J connectivity index is 1.93. The van der Waals surface area contributed by atoms with Gasteiger partial charge in [0.2, 0.25) is 10.7 Å². The summed E-state index contributed by atoms with van der Waals surface area (Å²) in [7, 11) is 4.62. The maximum absolute atomic E-state index is 12.9. The first-order valence-corrected chi connectivity index (χ1v) is 9.59. The van der Waals surface area contributed by atoms with Gasteiger partial charge in [0.05, 0.1) is 25.9 Å². The molecule has 3 aromatic heterocycles. The van der Waals surface area contributed by atoms with E-state index in [9.17, 15) is 4.79 Å². The minimum atomic E-state index is -0.155. The molecule has 0 aliphatic rings. The van der Waals surface area contributed by atoms with Gasteiger partial charge in [0, 0.05) is 10.4 Å². The third-order valence-electron chi connectivity index (χ3n) is 3.99. The minimum Gasteiger partial charge on any atom is -0.493 e. The highest BCUT2D eigenvalue weighted by molar-refractivity contribution is 7.15. The highest BCUT2D eigenvalue weighted by Gasteiger charge is 2.19. The van der Waals surface area contributed by atoms with Gasteiger partial charge >= 0.3 is 0 Å². The predicted octanol–water partition coefficient (Wildman–Crippen LogP) is 2.45. The highest BCUT2D eigenvalue weighted by atomic mass is 32.1. The Bertz CT molecular complexity index is 1190. The zero-order valence-electron chi connectivity index (χ0n) is 14.8. The molecule has 3 heterocycles. The van der Waals surface area contributed by atoms with Gasteiger partial charge in [-0.2, -0.15) is 0 Å². The Morgan fingerprint density at radius 2 is 1.81 bits per heavy atom. The Kier molecular flexibility index (Phi) is 4.54. The van der Waals surface area contributed by atoms with Crippen molar-refractivity contribution in [3.63, 3.8) is 0 Å². The molecule has 0 unspecified atom stereocenters. The van der Waals surface area contributed by atoms with Gasteiger partial charge in [0.15, 0.2) is 17.3 Å². The number of methoxy groups -OCH3 is 3. The van der Waals surface area contributed by atoms with Crippen molar-refractivity contribution in [2.24, 2.45) is 0 Å². The molecule has 4 rings (SSSR count). The van der Waals surface area contributed by atoms with Gasteiger partial charge in [-0.25, -0.2) is 4.40 Å². The number of nitrogens with zero attached hydrogens (tertiary/aromatic N) is 3. The van der Waals surface area contributed by atoms with Crippen LogP contribution < -0.4 is 24.3 Å². The van der Waals surface area contributed by atoms with Gasteiger partial charge in [-0.15, -0.1) is 21.5 Å². The summed E-state index contributed by atoms with van der Waals surface area (Å²) in [6.45, 7) is 0. The Morgan fingerprint density at radius 3 is 2.41 bits per heavy atom. The van der Waals surface area contributed by atoms with Gasteiger partial charge in [-0.3, -0.25) is 4.79 Å². The van der Waals surface area contributed by atoms with Gasteiger partial charge in [0.1, 0.15) is 0 Å². The summed E-state index contributed by atoms with van der Waals surface area (Å²) in [5, 5.41) is 10.3. The topological polar surface area (TPSA) is 75.0 Å². The lowest BCUT2D eigenvalue weighted by Crippen LogP contribution is -2.23. The molecule has 0 N–H and O–H groups in total. The van der Waals surface area contributed by atoms with Crippen molar-refractivity contribution >= 4 is 33.7 Å². The van der Waals surface area contributed by atoms with Crippen molar-refractivity contribution in [3.05, 3.63) is 49.4 Å². The molecule has 138 valence electrons. The summed E-state index contributed by atoms with van der Waals surface area (Å²) in [5.41, 5.74) is 0.492. The maximum Gasteiger partial charge on any atom is 0.276 e. The number of ether oxygens (including phenoxy) is 3. The lowest BCUT2D eigenvalue weighted by Gasteiger charge is -2.13. The van der Waals surface area contributed by atoms with Crippen LogP contribution in [-0.4, -0.2) is 35.9 Å². The van der Waals surface area contributed by atoms with E-state index in [4.69, 9.17) is 14.2 Å². The van der Waals surface area contributed by atoms with Crippen LogP contribution in [0.5, 0.6) is 17.2 Å². The third-order valence-corrected chi connectivity index (χ3v) is 5.77. The lowest BCUT2D eigenvalue weighted by atomic mass is 10.1. The monoisotopic (exact) mass is 401 g/mol. The smallest absolute Gasteiger partial charge is 0.276 e. The number of hydrogen-bond acceptors (Lipinski definition) is 8. The van der Waals surface area contributed by atoms with E-state index < -0.39 is 0 Å². The zero-order chi connectivity index (χ0) is 19.0. The molecule has 0 saturated heterocycles. The third kappa shape index (κ3) is 2.94. The first kappa shape index (κ1) is 17.5. The largest absolute Gasteiger partial charge is 0.493 e. The SMILES string of the molecule is COc1cc(-c2nnc3s/c(=C/c4cccs4)c(=O)n23)cc(OC)c1OC. The molecule has 27 heavy (non-hydrogen) atoms. The Labute approximate surface area is 162 Å². The van der Waals surface area contributed by atoms with Crippen LogP contribution in [0.1, 0.15) is 4.88 Å². The normalized spacial score (nSPS) is 11.9. The fourth-order valence-electron chi connectivity index (χ4n) is 2.76. The number of benzene rings is 1. The highest BCUT2D eigenvalue weighted by Crippen LogP contribution is 2.40. The zero-order valence-corrected chi connectivity index (χ0v) is 16.4. The molecule has 0 amide bonds. The summed E-state index contributed by atoms with van der Waals surface area (Å²) >= 11 is 2.88. The van der Waals surface area contributed by atoms with Gasteiger partial charge in [0.25, 0.3) is 5.56 Å². The molecule has 0 spiro atoms. The van der Waals surface area contributed by atoms with Crippen molar-refractivity contribution in [2.45, 2.75) is 0 Å². The first-order chi connectivity index (χ1) is 13.2. The molecule has 0 fully saturated rings. The van der Waals surface area contributed by atoms with E-state index in [1.54, 1.807) is 23.5 Å². The van der Waals surface area contributed by atoms with E-state index in [2.05, 4.69) is 10.2 Å². The van der Waals surface area contributed by atoms with Crippen LogP contribution in [0.25, 0.3) is 22.4 Å². The molecule has 9 heteroatoms. The van der Waals surface area contributed by atoms with E-state index in [0.29, 0.717) is 38.1 Å². The molecule has 0 aliphatic heterocycles. The fraction of sp³-hybridized carbons (Fsp3) is 0.167. The van der Waals surface area contributed by atoms with Crippen LogP contribution in [0, 0.1) is 0 Å². The second-order valence-corrected chi connectivity index (χ2v) is 7.48. The molecule has 0 radical (unpaired) electrons. The van der Waals surface area contributed by atoms with E-state index >= 15 is 0 Å². The van der Waals surface area contributed by atoms with Gasteiger partial charge in [-0.05, 0) is 29.7 Å². The van der Waals surface area contributed by atoms with Crippen LogP contribution in [0.4, 0.5) is 0 Å². The average Bonchev–Trinajstić information content (AvgIpc) is 3.41. The van der Waals surface area contributed by atoms with Crippen molar-refractivity contribution in [1.29, 1.82) is 0 Å². The molecule has 0 atom stereocenters. The predicted molar refractivity (Wildman–Crippen MR) is 105 cm³/mol. The molecule has 0 saturated carbocycles. The number of thiophene rings is 1. The average molecular weight is 401 g/mol. The van der Waals surface area contributed by atoms with E-state index in [1.807, 2.05) is 23.6 Å². The lowest BCUT2D eigenvalue weighted by molar-refractivity contribution is 0.324. The standard InChI is InChI=1S/C18H15N3O4S2/c1-23-12-7-10(8-13(24-2)15(12)25-3)16-19-20-18-21(16)17(22)14(27-18)9-11-5-4-6-26-11/h4-9H,1-3H3/b14-9+. The van der Waals surface area contributed by atoms with Crippen LogP contribution in [-0.2, 0) is 0 Å². The van der Waals surface area contributed by atoms with Gasteiger partial charge in [-0.1, -0.05) is 17.4 Å². The summed E-state index contributed by atoms with van der Waals surface area (Å²) in [4.78, 5) is 14.5. The van der Waals surface area contributed by atoms with Crippen molar-refractivity contribution < 1.29 is 14.2 Å². The molecule has 0 bridgehead atoms. The summed E-state index contributed by atoms with van der Waals surface area (Å²) in [5.74, 6) is 1.87. The van der Waals surface area contributed by atoms with E-state index in [1.165, 1.54) is 37.1 Å². The van der Waals surface area contributed by atoms with Crippen LogP contribution >= 0.6 is 22.7 Å². The number of aromatic nitrogens is 3. The van der Waals surface area contributed by atoms with Crippen molar-refractivity contribution in [2.75, 3.05) is 21.3 Å². The van der Waals surface area contributed by atoms with E-state index in [0.717, 1.165) is 4.88 Å². The van der Waals surface area contributed by atoms with Crippen molar-refractivity contribution in [1.82, 2.24) is 14.6 Å². The quantitative estimate of drug-likeness (QED) is 0.511. The molecule has 0 aliphatic carbocycles. The van der Waals surface area contributed by atoms with Crippen molar-refractivity contribution in [3.8, 4) is 28.6 Å². The van der Waals surface area contributed by atoms with Crippen LogP contribution in [0.2, 0.25) is 0 Å². The second-order valence-electron chi connectivity index (χ2n) is 5.49. The van der Waals surface area contributed by atoms with Crippen LogP contribution in [0.3, 0.4) is 0 Å². The summed E-state index contributed by atoms with van der Waals surface area (Å²) < 4.78 is 18.2. The van der Waals surface area contributed by atoms with Gasteiger partial charge < -0.3 is 14.2 Å². The number of rotatable bonds is 5. The number of hydrogen-bond donors (Lipinski definition) is 0. The molecular formula is C18H15N3O4S2. The van der Waals surface area contributed by atoms with Crippen LogP contribution in [0.15, 0.2) is 34.4 Å². The fourth-order valence-corrected chi connectivity index (χ4v) is 4.40. The summed E-state index contributed by atoms with van der Waals surface area (Å²) in [6, 6.07) is 7.41.